The highest BCUT2D eigenvalue weighted by molar-refractivity contribution is 9.10. The third kappa shape index (κ3) is 5.57. The van der Waals surface area contributed by atoms with Crippen LogP contribution in [0.2, 0.25) is 0 Å². The Morgan fingerprint density at radius 3 is 2.74 bits per heavy atom. The van der Waals surface area contributed by atoms with Crippen molar-refractivity contribution in [1.82, 2.24) is 0 Å². The number of carbonyl (C=O) groups excluding carboxylic acids is 1. The quantitative estimate of drug-likeness (QED) is 0.540. The largest absolute Gasteiger partial charge is 0.492 e. The van der Waals surface area contributed by atoms with Gasteiger partial charge >= 0.3 is 5.97 Å². The molecule has 3 nitrogen and oxygen atoms in total. The summed E-state index contributed by atoms with van der Waals surface area (Å²) in [6, 6.07) is 16.4. The van der Waals surface area contributed by atoms with Gasteiger partial charge in [0.15, 0.2) is 0 Å². The van der Waals surface area contributed by atoms with E-state index in [4.69, 9.17) is 4.74 Å². The minimum absolute atomic E-state index is 0.196. The number of hydrogen-bond acceptors (Lipinski definition) is 3. The predicted octanol–water partition coefficient (Wildman–Crippen LogP) is 5.59. The second-order valence-corrected chi connectivity index (χ2v) is 7.39. The Labute approximate surface area is 168 Å². The van der Waals surface area contributed by atoms with Gasteiger partial charge in [-0.1, -0.05) is 54.6 Å². The van der Waals surface area contributed by atoms with Crippen molar-refractivity contribution in [2.75, 3.05) is 13.7 Å². The van der Waals surface area contributed by atoms with Gasteiger partial charge in [0.25, 0.3) is 0 Å². The molecule has 0 fully saturated rings. The minimum Gasteiger partial charge on any atom is -0.492 e. The smallest absolute Gasteiger partial charge is 0.305 e. The normalized spacial score (nSPS) is 15.9. The van der Waals surface area contributed by atoms with Crippen molar-refractivity contribution in [2.24, 2.45) is 5.92 Å². The van der Waals surface area contributed by atoms with E-state index < -0.39 is 0 Å². The average molecular weight is 427 g/mol. The van der Waals surface area contributed by atoms with Gasteiger partial charge in [-0.15, -0.1) is 0 Å². The fourth-order valence-electron chi connectivity index (χ4n) is 3.05. The van der Waals surface area contributed by atoms with Crippen molar-refractivity contribution in [2.45, 2.75) is 19.3 Å². The molecule has 1 unspecified atom stereocenters. The van der Waals surface area contributed by atoms with Gasteiger partial charge in [-0.2, -0.15) is 0 Å². The molecule has 2 aromatic carbocycles. The molecule has 0 bridgehead atoms. The Kier molecular flexibility index (Phi) is 6.88. The lowest BCUT2D eigenvalue weighted by Gasteiger charge is -2.18. The molecule has 0 N–H and O–H groups in total. The fourth-order valence-corrected chi connectivity index (χ4v) is 3.59. The molecule has 27 heavy (non-hydrogen) atoms. The van der Waals surface area contributed by atoms with Crippen molar-refractivity contribution >= 4 is 27.5 Å². The van der Waals surface area contributed by atoms with E-state index in [1.54, 1.807) is 0 Å². The molecular formula is C23H23BrO3. The first kappa shape index (κ1) is 19.4. The molecule has 3 rings (SSSR count). The number of halogens is 1. The van der Waals surface area contributed by atoms with Crippen LogP contribution < -0.4 is 4.74 Å². The summed E-state index contributed by atoms with van der Waals surface area (Å²) in [5.74, 6) is 0.968. The van der Waals surface area contributed by atoms with E-state index in [9.17, 15) is 4.79 Å². The van der Waals surface area contributed by atoms with E-state index in [0.29, 0.717) is 25.4 Å². The van der Waals surface area contributed by atoms with Gasteiger partial charge in [-0.05, 0) is 57.6 Å². The van der Waals surface area contributed by atoms with Crippen LogP contribution >= 0.6 is 15.9 Å². The SMILES string of the molecule is COC(=O)CCc1ccc(OCC2C=C(c3ccccc3)C=CC2)c(Br)c1. The van der Waals surface area contributed by atoms with Crippen molar-refractivity contribution in [1.29, 1.82) is 0 Å². The topological polar surface area (TPSA) is 35.5 Å². The monoisotopic (exact) mass is 426 g/mol. The zero-order chi connectivity index (χ0) is 19.1. The molecule has 1 aliphatic rings. The van der Waals surface area contributed by atoms with Gasteiger partial charge in [-0.3, -0.25) is 4.79 Å². The van der Waals surface area contributed by atoms with Crippen LogP contribution in [0.5, 0.6) is 5.75 Å². The van der Waals surface area contributed by atoms with Crippen molar-refractivity contribution in [3.05, 3.63) is 82.4 Å². The first-order chi connectivity index (χ1) is 13.2. The Hall–Kier alpha value is -2.33. The average Bonchev–Trinajstić information content (AvgIpc) is 2.72. The molecule has 1 aliphatic carbocycles. The number of methoxy groups -OCH3 is 1. The third-order valence-electron chi connectivity index (χ3n) is 4.55. The number of esters is 1. The van der Waals surface area contributed by atoms with E-state index in [1.165, 1.54) is 18.2 Å². The molecule has 4 heteroatoms. The maximum atomic E-state index is 11.3. The molecule has 1 atom stereocenters. The lowest BCUT2D eigenvalue weighted by Crippen LogP contribution is -2.12. The van der Waals surface area contributed by atoms with Gasteiger partial charge in [0.1, 0.15) is 5.75 Å². The van der Waals surface area contributed by atoms with E-state index in [-0.39, 0.29) is 5.97 Å². The number of hydrogen-bond donors (Lipinski definition) is 0. The summed E-state index contributed by atoms with van der Waals surface area (Å²) in [4.78, 5) is 11.3. The van der Waals surface area contributed by atoms with Gasteiger partial charge in [0.05, 0.1) is 18.2 Å². The van der Waals surface area contributed by atoms with Crippen molar-refractivity contribution in [3.63, 3.8) is 0 Å². The van der Waals surface area contributed by atoms with Crippen LogP contribution in [0.25, 0.3) is 5.57 Å². The van der Waals surface area contributed by atoms with Gasteiger partial charge in [-0.25, -0.2) is 0 Å². The summed E-state index contributed by atoms with van der Waals surface area (Å²) in [5.41, 5.74) is 3.55. The van der Waals surface area contributed by atoms with Crippen LogP contribution in [0.4, 0.5) is 0 Å². The summed E-state index contributed by atoms with van der Waals surface area (Å²) in [5, 5.41) is 0. The fraction of sp³-hybridized carbons (Fsp3) is 0.261. The first-order valence-corrected chi connectivity index (χ1v) is 9.87. The van der Waals surface area contributed by atoms with Crippen LogP contribution in [0.15, 0.2) is 71.2 Å². The van der Waals surface area contributed by atoms with Crippen LogP contribution in [-0.2, 0) is 16.0 Å². The maximum absolute atomic E-state index is 11.3. The van der Waals surface area contributed by atoms with E-state index in [0.717, 1.165) is 22.2 Å². The zero-order valence-corrected chi connectivity index (χ0v) is 16.9. The molecule has 0 aromatic heterocycles. The highest BCUT2D eigenvalue weighted by Gasteiger charge is 2.13. The number of rotatable bonds is 7. The van der Waals surface area contributed by atoms with Crippen LogP contribution in [-0.4, -0.2) is 19.7 Å². The highest BCUT2D eigenvalue weighted by atomic mass is 79.9. The van der Waals surface area contributed by atoms with Crippen molar-refractivity contribution < 1.29 is 14.3 Å². The molecule has 0 radical (unpaired) electrons. The minimum atomic E-state index is -0.196. The number of ether oxygens (including phenoxy) is 2. The summed E-state index contributed by atoms with van der Waals surface area (Å²) in [6.45, 7) is 0.626. The molecule has 0 amide bonds. The summed E-state index contributed by atoms with van der Waals surface area (Å²) < 4.78 is 11.6. The maximum Gasteiger partial charge on any atom is 0.305 e. The highest BCUT2D eigenvalue weighted by Crippen LogP contribution is 2.29. The molecule has 0 aliphatic heterocycles. The molecule has 140 valence electrons. The molecule has 0 heterocycles. The van der Waals surface area contributed by atoms with Gasteiger partial charge < -0.3 is 9.47 Å². The molecule has 0 saturated carbocycles. The zero-order valence-electron chi connectivity index (χ0n) is 15.4. The van der Waals surface area contributed by atoms with E-state index >= 15 is 0 Å². The van der Waals surface area contributed by atoms with Gasteiger partial charge in [0.2, 0.25) is 0 Å². The van der Waals surface area contributed by atoms with E-state index in [1.807, 2.05) is 24.3 Å². The number of carbonyl (C=O) groups is 1. The van der Waals surface area contributed by atoms with Crippen LogP contribution in [0.3, 0.4) is 0 Å². The summed E-state index contributed by atoms with van der Waals surface area (Å²) in [6.07, 6.45) is 8.69. The molecule has 0 spiro atoms. The Balaban J connectivity index is 1.59. The summed E-state index contributed by atoms with van der Waals surface area (Å²) in [7, 11) is 1.41. The first-order valence-electron chi connectivity index (χ1n) is 9.07. The Morgan fingerprint density at radius 1 is 1.19 bits per heavy atom. The lowest BCUT2D eigenvalue weighted by molar-refractivity contribution is -0.140. The van der Waals surface area contributed by atoms with E-state index in [2.05, 4.69) is 63.2 Å². The second-order valence-electron chi connectivity index (χ2n) is 6.54. The molecular weight excluding hydrogens is 404 g/mol. The Morgan fingerprint density at radius 2 is 2.00 bits per heavy atom. The molecule has 0 saturated heterocycles. The Bertz CT molecular complexity index is 840. The number of benzene rings is 2. The second kappa shape index (κ2) is 9.56. The third-order valence-corrected chi connectivity index (χ3v) is 5.17. The number of aryl methyl sites for hydroxylation is 1. The van der Waals surface area contributed by atoms with Gasteiger partial charge in [0, 0.05) is 12.3 Å². The lowest BCUT2D eigenvalue weighted by atomic mass is 9.93. The van der Waals surface area contributed by atoms with Crippen LogP contribution in [0, 0.1) is 5.92 Å². The van der Waals surface area contributed by atoms with Crippen molar-refractivity contribution in [3.8, 4) is 5.75 Å². The number of allylic oxidation sites excluding steroid dienone is 3. The standard InChI is InChI=1S/C23H23BrO3/c1-26-23(25)13-11-17-10-12-22(21(24)15-17)27-16-18-6-5-9-20(14-18)19-7-3-2-4-8-19/h2-5,7-10,12,14-15,18H,6,11,13,16H2,1H3. The van der Waals surface area contributed by atoms with Crippen LogP contribution in [0.1, 0.15) is 24.0 Å². The molecule has 2 aromatic rings. The summed E-state index contributed by atoms with van der Waals surface area (Å²) >= 11 is 3.57. The predicted molar refractivity (Wildman–Crippen MR) is 112 cm³/mol.